The van der Waals surface area contributed by atoms with Gasteiger partial charge in [0.1, 0.15) is 0 Å². The first-order valence-corrected chi connectivity index (χ1v) is 7.21. The summed E-state index contributed by atoms with van der Waals surface area (Å²) >= 11 is 2.12. The average Bonchev–Trinajstić information content (AvgIpc) is 2.76. The Bertz CT molecular complexity index is 202. The van der Waals surface area contributed by atoms with Crippen LogP contribution in [0.2, 0.25) is 0 Å². The van der Waals surface area contributed by atoms with Gasteiger partial charge in [0, 0.05) is 18.3 Å². The normalized spacial score (nSPS) is 34.8. The maximum atomic E-state index is 5.94. The molecule has 2 rings (SSSR count). The lowest BCUT2D eigenvalue weighted by Gasteiger charge is -2.20. The third-order valence-corrected chi connectivity index (χ3v) is 4.72. The lowest BCUT2D eigenvalue weighted by atomic mass is 10.1. The smallest absolute Gasteiger partial charge is 0.0707 e. The molecule has 2 fully saturated rings. The van der Waals surface area contributed by atoms with Gasteiger partial charge >= 0.3 is 0 Å². The molecule has 0 amide bonds. The van der Waals surface area contributed by atoms with Crippen molar-refractivity contribution in [3.8, 4) is 0 Å². The first-order valence-electron chi connectivity index (χ1n) is 6.16. The van der Waals surface area contributed by atoms with Crippen molar-refractivity contribution in [2.45, 2.75) is 56.5 Å². The molecule has 0 aliphatic carbocycles. The second-order valence-electron chi connectivity index (χ2n) is 5.33. The molecule has 2 nitrogen and oxygen atoms in total. The molecule has 0 spiro atoms. The maximum absolute atomic E-state index is 5.94. The molecule has 3 heteroatoms. The SMILES string of the molecule is CC1(C)CCC(CNCC2CCCS2)O1. The number of nitrogens with one attached hydrogen (secondary N) is 1. The number of rotatable bonds is 4. The van der Waals surface area contributed by atoms with Gasteiger partial charge in [-0.25, -0.2) is 0 Å². The van der Waals surface area contributed by atoms with E-state index in [-0.39, 0.29) is 5.60 Å². The van der Waals surface area contributed by atoms with Crippen molar-refractivity contribution >= 4 is 11.8 Å². The fraction of sp³-hybridized carbons (Fsp3) is 1.00. The van der Waals surface area contributed by atoms with Crippen LogP contribution in [0.1, 0.15) is 39.5 Å². The molecule has 0 radical (unpaired) electrons. The van der Waals surface area contributed by atoms with Crippen LogP contribution in [0, 0.1) is 0 Å². The summed E-state index contributed by atoms with van der Waals surface area (Å²) in [7, 11) is 0. The molecule has 15 heavy (non-hydrogen) atoms. The molecule has 0 bridgehead atoms. The third-order valence-electron chi connectivity index (χ3n) is 3.32. The van der Waals surface area contributed by atoms with Crippen molar-refractivity contribution < 1.29 is 4.74 Å². The highest BCUT2D eigenvalue weighted by molar-refractivity contribution is 8.00. The van der Waals surface area contributed by atoms with E-state index in [0.717, 1.165) is 11.8 Å². The molecular weight excluding hydrogens is 206 g/mol. The highest BCUT2D eigenvalue weighted by atomic mass is 32.2. The largest absolute Gasteiger partial charge is 0.371 e. The Kier molecular flexibility index (Phi) is 3.97. The Morgan fingerprint density at radius 1 is 1.33 bits per heavy atom. The van der Waals surface area contributed by atoms with Crippen molar-refractivity contribution in [3.05, 3.63) is 0 Å². The third kappa shape index (κ3) is 3.65. The predicted molar refractivity (Wildman–Crippen MR) is 66.5 cm³/mol. The second-order valence-corrected chi connectivity index (χ2v) is 6.74. The van der Waals surface area contributed by atoms with Crippen molar-refractivity contribution in [1.82, 2.24) is 5.32 Å². The van der Waals surface area contributed by atoms with Gasteiger partial charge in [0.05, 0.1) is 11.7 Å². The number of thioether (sulfide) groups is 1. The molecule has 2 heterocycles. The lowest BCUT2D eigenvalue weighted by Crippen LogP contribution is -2.32. The van der Waals surface area contributed by atoms with Crippen molar-refractivity contribution in [2.75, 3.05) is 18.8 Å². The van der Waals surface area contributed by atoms with Crippen LogP contribution in [0.4, 0.5) is 0 Å². The molecule has 88 valence electrons. The number of hydrogen-bond acceptors (Lipinski definition) is 3. The van der Waals surface area contributed by atoms with E-state index >= 15 is 0 Å². The first-order chi connectivity index (χ1) is 7.16. The van der Waals surface area contributed by atoms with Crippen LogP contribution < -0.4 is 5.32 Å². The van der Waals surface area contributed by atoms with E-state index in [0.29, 0.717) is 6.10 Å². The number of hydrogen-bond donors (Lipinski definition) is 1. The molecule has 0 saturated carbocycles. The minimum absolute atomic E-state index is 0.119. The van der Waals surface area contributed by atoms with E-state index in [9.17, 15) is 0 Å². The average molecular weight is 229 g/mol. The van der Waals surface area contributed by atoms with Crippen LogP contribution in [-0.4, -0.2) is 35.8 Å². The van der Waals surface area contributed by atoms with E-state index in [2.05, 4.69) is 30.9 Å². The molecule has 2 aliphatic rings. The minimum Gasteiger partial charge on any atom is -0.371 e. The van der Waals surface area contributed by atoms with E-state index in [1.165, 1.54) is 38.0 Å². The Morgan fingerprint density at radius 3 is 2.80 bits per heavy atom. The summed E-state index contributed by atoms with van der Waals surface area (Å²) in [6.45, 7) is 6.60. The lowest BCUT2D eigenvalue weighted by molar-refractivity contribution is -0.0140. The predicted octanol–water partition coefficient (Wildman–Crippen LogP) is 2.43. The van der Waals surface area contributed by atoms with Crippen LogP contribution in [0.25, 0.3) is 0 Å². The van der Waals surface area contributed by atoms with Crippen LogP contribution in [0.15, 0.2) is 0 Å². The maximum Gasteiger partial charge on any atom is 0.0707 e. The molecule has 2 aliphatic heterocycles. The van der Waals surface area contributed by atoms with Gasteiger partial charge in [-0.1, -0.05) is 0 Å². The zero-order valence-corrected chi connectivity index (χ0v) is 10.7. The van der Waals surface area contributed by atoms with Gasteiger partial charge in [-0.3, -0.25) is 0 Å². The Morgan fingerprint density at radius 2 is 2.20 bits per heavy atom. The zero-order chi connectivity index (χ0) is 10.7. The van der Waals surface area contributed by atoms with Crippen LogP contribution in [0.3, 0.4) is 0 Å². The molecule has 1 N–H and O–H groups in total. The Hall–Kier alpha value is 0.270. The van der Waals surface area contributed by atoms with E-state index in [4.69, 9.17) is 4.74 Å². The molecule has 0 aromatic heterocycles. The monoisotopic (exact) mass is 229 g/mol. The van der Waals surface area contributed by atoms with Gasteiger partial charge < -0.3 is 10.1 Å². The Labute approximate surface area is 97.5 Å². The number of ether oxygens (including phenoxy) is 1. The van der Waals surface area contributed by atoms with Crippen molar-refractivity contribution in [2.24, 2.45) is 0 Å². The molecule has 0 aromatic rings. The molecule has 2 atom stereocenters. The topological polar surface area (TPSA) is 21.3 Å². The highest BCUT2D eigenvalue weighted by Crippen LogP contribution is 2.29. The summed E-state index contributed by atoms with van der Waals surface area (Å²) in [5.74, 6) is 1.36. The van der Waals surface area contributed by atoms with Crippen LogP contribution in [-0.2, 0) is 4.74 Å². The van der Waals surface area contributed by atoms with E-state index < -0.39 is 0 Å². The molecule has 2 unspecified atom stereocenters. The van der Waals surface area contributed by atoms with Gasteiger partial charge in [0.25, 0.3) is 0 Å². The van der Waals surface area contributed by atoms with Crippen molar-refractivity contribution in [3.63, 3.8) is 0 Å². The molecule has 2 saturated heterocycles. The van der Waals surface area contributed by atoms with Crippen molar-refractivity contribution in [1.29, 1.82) is 0 Å². The highest BCUT2D eigenvalue weighted by Gasteiger charge is 2.31. The zero-order valence-electron chi connectivity index (χ0n) is 9.92. The summed E-state index contributed by atoms with van der Waals surface area (Å²) in [5.41, 5.74) is 0.119. The summed E-state index contributed by atoms with van der Waals surface area (Å²) in [4.78, 5) is 0. The van der Waals surface area contributed by atoms with Crippen LogP contribution in [0.5, 0.6) is 0 Å². The summed E-state index contributed by atoms with van der Waals surface area (Å²) in [6.07, 6.45) is 5.68. The summed E-state index contributed by atoms with van der Waals surface area (Å²) in [5, 5.41) is 4.42. The summed E-state index contributed by atoms with van der Waals surface area (Å²) < 4.78 is 5.94. The van der Waals surface area contributed by atoms with Gasteiger partial charge in [-0.05, 0) is 45.3 Å². The van der Waals surface area contributed by atoms with Crippen LogP contribution >= 0.6 is 11.8 Å². The van der Waals surface area contributed by atoms with Gasteiger partial charge in [0.2, 0.25) is 0 Å². The van der Waals surface area contributed by atoms with Gasteiger partial charge in [-0.2, -0.15) is 11.8 Å². The first kappa shape index (κ1) is 11.7. The second kappa shape index (κ2) is 5.07. The van der Waals surface area contributed by atoms with E-state index in [1.54, 1.807) is 0 Å². The minimum atomic E-state index is 0.119. The molecular formula is C12H23NOS. The quantitative estimate of drug-likeness (QED) is 0.800. The molecule has 0 aromatic carbocycles. The fourth-order valence-corrected chi connectivity index (χ4v) is 3.67. The van der Waals surface area contributed by atoms with E-state index in [1.807, 2.05) is 0 Å². The van der Waals surface area contributed by atoms with Gasteiger partial charge in [-0.15, -0.1) is 0 Å². The summed E-state index contributed by atoms with van der Waals surface area (Å²) in [6, 6.07) is 0. The fourth-order valence-electron chi connectivity index (χ4n) is 2.43. The standard InChI is InChI=1S/C12H23NOS/c1-12(2)6-5-10(14-12)8-13-9-11-4-3-7-15-11/h10-11,13H,3-9H2,1-2H3. The van der Waals surface area contributed by atoms with Gasteiger partial charge in [0.15, 0.2) is 0 Å². The Balaban J connectivity index is 1.58.